The Hall–Kier alpha value is -1.68. The Bertz CT molecular complexity index is 708. The number of H-pyrrole nitrogens is 1. The number of piperidine rings is 1. The second kappa shape index (κ2) is 14.8. The van der Waals surface area contributed by atoms with Crippen LogP contribution in [0.2, 0.25) is 0 Å². The third-order valence-corrected chi connectivity index (χ3v) is 7.64. The van der Waals surface area contributed by atoms with Gasteiger partial charge >= 0.3 is 0 Å². The zero-order valence-corrected chi connectivity index (χ0v) is 21.9. The first-order valence-corrected chi connectivity index (χ1v) is 14.3. The van der Waals surface area contributed by atoms with Crippen LogP contribution in [0, 0.1) is 0 Å². The molecule has 3 saturated heterocycles. The van der Waals surface area contributed by atoms with E-state index in [0.717, 1.165) is 94.8 Å². The summed E-state index contributed by atoms with van der Waals surface area (Å²) in [5, 5.41) is 11.0. The quantitative estimate of drug-likeness (QED) is 0.240. The molecule has 200 valence electrons. The summed E-state index contributed by atoms with van der Waals surface area (Å²) in [7, 11) is 0. The number of aromatic nitrogens is 1. The Kier molecular flexibility index (Phi) is 11.1. The fourth-order valence-electron chi connectivity index (χ4n) is 5.57. The average Bonchev–Trinajstić information content (AvgIpc) is 3.51. The molecule has 1 aromatic rings. The van der Waals surface area contributed by atoms with E-state index in [1.807, 2.05) is 0 Å². The number of likely N-dealkylation sites (tertiary alicyclic amines) is 2. The summed E-state index contributed by atoms with van der Waals surface area (Å²) in [6.45, 7) is 15.1. The molecule has 0 bridgehead atoms. The van der Waals surface area contributed by atoms with Gasteiger partial charge in [0, 0.05) is 32.7 Å². The van der Waals surface area contributed by atoms with Crippen LogP contribution in [-0.4, -0.2) is 111 Å². The van der Waals surface area contributed by atoms with Gasteiger partial charge in [-0.05, 0) is 90.8 Å². The van der Waals surface area contributed by atoms with E-state index in [2.05, 4.69) is 35.6 Å². The number of hydrogen-bond acceptors (Lipinski definition) is 8. The largest absolute Gasteiger partial charge is 0.383 e. The van der Waals surface area contributed by atoms with E-state index < -0.39 is 0 Å². The molecule has 4 rings (SSSR count). The number of anilines is 4. The van der Waals surface area contributed by atoms with Gasteiger partial charge in [-0.2, -0.15) is 0 Å². The summed E-state index contributed by atoms with van der Waals surface area (Å²) in [6, 6.07) is 0. The second-order valence-corrected chi connectivity index (χ2v) is 10.4. The predicted octanol–water partition coefficient (Wildman–Crippen LogP) is 2.92. The molecule has 0 unspecified atom stereocenters. The van der Waals surface area contributed by atoms with Crippen molar-refractivity contribution in [1.82, 2.24) is 19.7 Å². The minimum Gasteiger partial charge on any atom is -0.383 e. The first kappa shape index (κ1) is 26.4. The van der Waals surface area contributed by atoms with Crippen molar-refractivity contribution in [2.45, 2.75) is 51.4 Å². The van der Waals surface area contributed by atoms with Gasteiger partial charge < -0.3 is 41.2 Å². The van der Waals surface area contributed by atoms with Gasteiger partial charge in [0.1, 0.15) is 23.0 Å². The summed E-state index contributed by atoms with van der Waals surface area (Å²) in [6.07, 6.45) is 10.2. The second-order valence-electron chi connectivity index (χ2n) is 10.4. The van der Waals surface area contributed by atoms with E-state index in [1.165, 1.54) is 71.4 Å². The summed E-state index contributed by atoms with van der Waals surface area (Å²) in [4.78, 5) is 11.1. The summed E-state index contributed by atoms with van der Waals surface area (Å²) < 4.78 is 5.47. The number of nitrogens with one attached hydrogen (secondary N) is 4. The summed E-state index contributed by atoms with van der Waals surface area (Å²) in [5.74, 6) is 1.74. The number of aromatic amines is 1. The topological polar surface area (TPSA) is 96.8 Å². The molecule has 3 aliphatic heterocycles. The molecule has 9 heteroatoms. The van der Waals surface area contributed by atoms with Crippen LogP contribution in [0.25, 0.3) is 0 Å². The third-order valence-electron chi connectivity index (χ3n) is 7.64. The minimum atomic E-state index is 0.719. The molecule has 0 aromatic carbocycles. The highest BCUT2D eigenvalue weighted by molar-refractivity contribution is 5.89. The fraction of sp³-hybridized carbons (Fsp3) is 0.846. The first-order chi connectivity index (χ1) is 17.3. The Balaban J connectivity index is 1.26. The number of morpholine rings is 1. The summed E-state index contributed by atoms with van der Waals surface area (Å²) in [5.41, 5.74) is 8.58. The Morgan fingerprint density at radius 1 is 0.629 bits per heavy atom. The molecule has 0 amide bonds. The van der Waals surface area contributed by atoms with Crippen molar-refractivity contribution >= 4 is 23.0 Å². The predicted molar refractivity (Wildman–Crippen MR) is 148 cm³/mol. The molecule has 6 N–H and O–H groups in total. The zero-order chi connectivity index (χ0) is 24.1. The molecule has 1 aromatic heterocycles. The van der Waals surface area contributed by atoms with Gasteiger partial charge in [0.15, 0.2) is 0 Å². The normalized spacial score (nSPS) is 20.3. The molecule has 0 atom stereocenters. The van der Waals surface area contributed by atoms with Crippen molar-refractivity contribution in [1.29, 1.82) is 0 Å². The highest BCUT2D eigenvalue weighted by atomic mass is 16.5. The number of nitrogens with two attached hydrogens (primary N) is 1. The summed E-state index contributed by atoms with van der Waals surface area (Å²) >= 11 is 0. The van der Waals surface area contributed by atoms with Crippen LogP contribution in [-0.2, 0) is 4.74 Å². The van der Waals surface area contributed by atoms with Crippen LogP contribution in [0.3, 0.4) is 0 Å². The molecule has 3 fully saturated rings. The number of hydrogen-bond donors (Lipinski definition) is 5. The van der Waals surface area contributed by atoms with Gasteiger partial charge in [-0.25, -0.2) is 0 Å². The maximum Gasteiger partial charge on any atom is 0.130 e. The van der Waals surface area contributed by atoms with Crippen molar-refractivity contribution in [2.75, 3.05) is 113 Å². The van der Waals surface area contributed by atoms with Crippen LogP contribution in [0.5, 0.6) is 0 Å². The Morgan fingerprint density at radius 2 is 1.11 bits per heavy atom. The zero-order valence-electron chi connectivity index (χ0n) is 21.9. The van der Waals surface area contributed by atoms with E-state index in [-0.39, 0.29) is 0 Å². The van der Waals surface area contributed by atoms with Gasteiger partial charge in [0.2, 0.25) is 0 Å². The van der Waals surface area contributed by atoms with E-state index in [0.29, 0.717) is 0 Å². The lowest BCUT2D eigenvalue weighted by Crippen LogP contribution is -2.37. The maximum absolute atomic E-state index is 6.45. The number of rotatable bonds is 15. The molecule has 35 heavy (non-hydrogen) atoms. The lowest BCUT2D eigenvalue weighted by molar-refractivity contribution is 0.0378. The minimum absolute atomic E-state index is 0.719. The molecule has 3 aliphatic rings. The Morgan fingerprint density at radius 3 is 1.71 bits per heavy atom. The SMILES string of the molecule is Nc1[nH]c(NCCCN2CCCC2)c(NCCCN2CCCCC2)c1NCCCN1CCOCC1. The molecule has 0 radical (unpaired) electrons. The molecule has 0 saturated carbocycles. The van der Waals surface area contributed by atoms with Crippen molar-refractivity contribution in [3.63, 3.8) is 0 Å². The molecular weight excluding hydrogens is 440 g/mol. The van der Waals surface area contributed by atoms with E-state index in [9.17, 15) is 0 Å². The lowest BCUT2D eigenvalue weighted by atomic mass is 10.1. The van der Waals surface area contributed by atoms with E-state index in [4.69, 9.17) is 10.5 Å². The smallest absolute Gasteiger partial charge is 0.130 e. The lowest BCUT2D eigenvalue weighted by Gasteiger charge is -2.26. The van der Waals surface area contributed by atoms with Gasteiger partial charge in [0.05, 0.1) is 13.2 Å². The van der Waals surface area contributed by atoms with Gasteiger partial charge in [-0.1, -0.05) is 6.42 Å². The van der Waals surface area contributed by atoms with Gasteiger partial charge in [-0.15, -0.1) is 0 Å². The third kappa shape index (κ3) is 8.74. The van der Waals surface area contributed by atoms with E-state index in [1.54, 1.807) is 0 Å². The van der Waals surface area contributed by atoms with Crippen LogP contribution >= 0.6 is 0 Å². The highest BCUT2D eigenvalue weighted by Crippen LogP contribution is 2.36. The molecule has 0 spiro atoms. The van der Waals surface area contributed by atoms with Crippen LogP contribution in [0.15, 0.2) is 0 Å². The standard InChI is InChI=1S/C26H50N8O/c27-25-23(28-9-6-18-34-19-21-35-22-20-34)24(29-10-7-16-32-12-2-1-3-13-32)26(31-25)30-11-8-17-33-14-4-5-15-33/h28-31H,1-22,27H2. The first-order valence-electron chi connectivity index (χ1n) is 14.3. The number of nitrogens with zero attached hydrogens (tertiary/aromatic N) is 3. The average molecular weight is 491 g/mol. The van der Waals surface area contributed by atoms with Crippen molar-refractivity contribution in [3.8, 4) is 0 Å². The maximum atomic E-state index is 6.45. The molecule has 9 nitrogen and oxygen atoms in total. The number of nitrogen functional groups attached to an aromatic ring is 1. The van der Waals surface area contributed by atoms with Gasteiger partial charge in [0.25, 0.3) is 0 Å². The van der Waals surface area contributed by atoms with Gasteiger partial charge in [-0.3, -0.25) is 4.90 Å². The number of ether oxygens (including phenoxy) is 1. The van der Waals surface area contributed by atoms with Crippen molar-refractivity contribution in [2.24, 2.45) is 0 Å². The van der Waals surface area contributed by atoms with Crippen LogP contribution in [0.1, 0.15) is 51.4 Å². The molecular formula is C26H50N8O. The Labute approximate surface area is 212 Å². The van der Waals surface area contributed by atoms with Crippen LogP contribution in [0.4, 0.5) is 23.0 Å². The molecule has 0 aliphatic carbocycles. The highest BCUT2D eigenvalue weighted by Gasteiger charge is 2.17. The fourth-order valence-corrected chi connectivity index (χ4v) is 5.57. The van der Waals surface area contributed by atoms with Crippen molar-refractivity contribution < 1.29 is 4.74 Å². The monoisotopic (exact) mass is 490 g/mol. The van der Waals surface area contributed by atoms with Crippen LogP contribution < -0.4 is 21.7 Å². The van der Waals surface area contributed by atoms with Crippen molar-refractivity contribution in [3.05, 3.63) is 0 Å². The van der Waals surface area contributed by atoms with E-state index >= 15 is 0 Å². The molecule has 4 heterocycles.